The first-order valence-electron chi connectivity index (χ1n) is 5.80. The van der Waals surface area contributed by atoms with Crippen LogP contribution in [0.2, 0.25) is 0 Å². The van der Waals surface area contributed by atoms with E-state index in [1.807, 2.05) is 0 Å². The molecule has 0 atom stereocenters. The Kier molecular flexibility index (Phi) is 5.13. The molecule has 0 saturated carbocycles. The lowest BCUT2D eigenvalue weighted by atomic mass is 10.1. The first kappa shape index (κ1) is 14.9. The molecule has 0 aromatic heterocycles. The maximum Gasteiger partial charge on any atom is 0.243 e. The number of sulfonamides is 1. The fourth-order valence-electron chi connectivity index (χ4n) is 1.62. The van der Waals surface area contributed by atoms with Gasteiger partial charge in [-0.15, -0.1) is 0 Å². The van der Waals surface area contributed by atoms with Crippen molar-refractivity contribution in [2.75, 3.05) is 27.2 Å². The van der Waals surface area contributed by atoms with Gasteiger partial charge in [0.2, 0.25) is 10.0 Å². The molecule has 102 valence electrons. The van der Waals surface area contributed by atoms with E-state index in [9.17, 15) is 8.42 Å². The summed E-state index contributed by atoms with van der Waals surface area (Å²) >= 11 is 0. The molecule has 0 saturated heterocycles. The van der Waals surface area contributed by atoms with Gasteiger partial charge in [-0.05, 0) is 36.7 Å². The summed E-state index contributed by atoms with van der Waals surface area (Å²) < 4.78 is 31.0. The zero-order chi connectivity index (χ0) is 13.8. The molecule has 18 heavy (non-hydrogen) atoms. The molecule has 1 aromatic rings. The van der Waals surface area contributed by atoms with Crippen LogP contribution in [0.1, 0.15) is 12.5 Å². The van der Waals surface area contributed by atoms with Gasteiger partial charge in [0.15, 0.2) is 0 Å². The number of hydrogen-bond donors (Lipinski definition) is 1. The standard InChI is InChI=1S/C12H20N2O3S/c1-4-14(2)18(15,16)12-6-5-11(17-3)9-10(12)7-8-13/h5-6,9H,4,7-8,13H2,1-3H3. The number of methoxy groups -OCH3 is 1. The van der Waals surface area contributed by atoms with Gasteiger partial charge in [-0.3, -0.25) is 0 Å². The second kappa shape index (κ2) is 6.17. The van der Waals surface area contributed by atoms with Crippen LogP contribution in [0.15, 0.2) is 23.1 Å². The van der Waals surface area contributed by atoms with E-state index in [4.69, 9.17) is 10.5 Å². The highest BCUT2D eigenvalue weighted by Crippen LogP contribution is 2.24. The Bertz CT molecular complexity index is 500. The van der Waals surface area contributed by atoms with Crippen LogP contribution in [0.4, 0.5) is 0 Å². The van der Waals surface area contributed by atoms with E-state index >= 15 is 0 Å². The number of ether oxygens (including phenoxy) is 1. The molecule has 0 fully saturated rings. The fourth-order valence-corrected chi connectivity index (χ4v) is 3.03. The summed E-state index contributed by atoms with van der Waals surface area (Å²) in [6.45, 7) is 2.62. The topological polar surface area (TPSA) is 72.6 Å². The van der Waals surface area contributed by atoms with Crippen molar-refractivity contribution in [3.8, 4) is 5.75 Å². The van der Waals surface area contributed by atoms with E-state index in [0.29, 0.717) is 35.7 Å². The summed E-state index contributed by atoms with van der Waals surface area (Å²) in [7, 11) is -0.334. The minimum atomic E-state index is -3.44. The maximum atomic E-state index is 12.3. The number of nitrogens with two attached hydrogens (primary N) is 1. The minimum absolute atomic E-state index is 0.304. The lowest BCUT2D eigenvalue weighted by Gasteiger charge is -2.18. The van der Waals surface area contributed by atoms with Crippen molar-refractivity contribution in [1.82, 2.24) is 4.31 Å². The van der Waals surface area contributed by atoms with Crippen LogP contribution in [-0.2, 0) is 16.4 Å². The summed E-state index contributed by atoms with van der Waals surface area (Å²) in [5, 5.41) is 0. The van der Waals surface area contributed by atoms with Crippen molar-refractivity contribution >= 4 is 10.0 Å². The van der Waals surface area contributed by atoms with Gasteiger partial charge >= 0.3 is 0 Å². The molecule has 0 radical (unpaired) electrons. The Morgan fingerprint density at radius 1 is 1.39 bits per heavy atom. The van der Waals surface area contributed by atoms with E-state index in [1.54, 1.807) is 39.3 Å². The summed E-state index contributed by atoms with van der Waals surface area (Å²) in [6, 6.07) is 4.95. The average Bonchev–Trinajstić information content (AvgIpc) is 2.37. The van der Waals surface area contributed by atoms with Gasteiger partial charge < -0.3 is 10.5 Å². The zero-order valence-corrected chi connectivity index (χ0v) is 11.8. The fraction of sp³-hybridized carbons (Fsp3) is 0.500. The first-order chi connectivity index (χ1) is 8.47. The van der Waals surface area contributed by atoms with Crippen molar-refractivity contribution in [3.63, 3.8) is 0 Å². The highest BCUT2D eigenvalue weighted by Gasteiger charge is 2.22. The Morgan fingerprint density at radius 3 is 2.56 bits per heavy atom. The molecule has 0 amide bonds. The molecule has 5 nitrogen and oxygen atoms in total. The smallest absolute Gasteiger partial charge is 0.243 e. The Labute approximate surface area is 109 Å². The lowest BCUT2D eigenvalue weighted by Crippen LogP contribution is -2.27. The largest absolute Gasteiger partial charge is 0.497 e. The molecule has 0 aliphatic heterocycles. The molecular weight excluding hydrogens is 252 g/mol. The monoisotopic (exact) mass is 272 g/mol. The van der Waals surface area contributed by atoms with Crippen LogP contribution in [0.3, 0.4) is 0 Å². The number of hydrogen-bond acceptors (Lipinski definition) is 4. The van der Waals surface area contributed by atoms with Crippen LogP contribution < -0.4 is 10.5 Å². The summed E-state index contributed by atoms with van der Waals surface area (Å²) in [4.78, 5) is 0.304. The summed E-state index contributed by atoms with van der Waals surface area (Å²) in [6.07, 6.45) is 0.503. The molecular formula is C12H20N2O3S. The van der Waals surface area contributed by atoms with Crippen LogP contribution >= 0.6 is 0 Å². The van der Waals surface area contributed by atoms with E-state index in [-0.39, 0.29) is 0 Å². The minimum Gasteiger partial charge on any atom is -0.497 e. The molecule has 0 heterocycles. The van der Waals surface area contributed by atoms with Crippen molar-refractivity contribution in [3.05, 3.63) is 23.8 Å². The molecule has 2 N–H and O–H groups in total. The van der Waals surface area contributed by atoms with E-state index in [1.165, 1.54) is 4.31 Å². The lowest BCUT2D eigenvalue weighted by molar-refractivity contribution is 0.413. The molecule has 0 aliphatic carbocycles. The molecule has 0 aliphatic rings. The maximum absolute atomic E-state index is 12.3. The predicted molar refractivity (Wildman–Crippen MR) is 71.2 cm³/mol. The number of nitrogens with zero attached hydrogens (tertiary/aromatic N) is 1. The van der Waals surface area contributed by atoms with E-state index in [2.05, 4.69) is 0 Å². The first-order valence-corrected chi connectivity index (χ1v) is 7.24. The molecule has 1 aromatic carbocycles. The normalized spacial score (nSPS) is 11.8. The number of benzene rings is 1. The van der Waals surface area contributed by atoms with Crippen LogP contribution in [0, 0.1) is 0 Å². The molecule has 1 rings (SSSR count). The van der Waals surface area contributed by atoms with Crippen molar-refractivity contribution in [2.45, 2.75) is 18.2 Å². The molecule has 0 spiro atoms. The SMILES string of the molecule is CCN(C)S(=O)(=O)c1ccc(OC)cc1CCN. The summed E-state index contributed by atoms with van der Waals surface area (Å²) in [5.41, 5.74) is 6.22. The van der Waals surface area contributed by atoms with E-state index < -0.39 is 10.0 Å². The Hall–Kier alpha value is -1.11. The molecule has 0 bridgehead atoms. The quantitative estimate of drug-likeness (QED) is 0.833. The van der Waals surface area contributed by atoms with Gasteiger partial charge in [0, 0.05) is 13.6 Å². The van der Waals surface area contributed by atoms with Gasteiger partial charge in [-0.2, -0.15) is 0 Å². The average molecular weight is 272 g/mol. The zero-order valence-electron chi connectivity index (χ0n) is 11.0. The van der Waals surface area contributed by atoms with Crippen LogP contribution in [-0.4, -0.2) is 40.0 Å². The second-order valence-electron chi connectivity index (χ2n) is 3.93. The Balaban J connectivity index is 3.31. The molecule has 0 unspecified atom stereocenters. The van der Waals surface area contributed by atoms with Crippen LogP contribution in [0.25, 0.3) is 0 Å². The third kappa shape index (κ3) is 3.01. The Morgan fingerprint density at radius 2 is 2.06 bits per heavy atom. The van der Waals surface area contributed by atoms with Gasteiger partial charge in [0.1, 0.15) is 5.75 Å². The highest BCUT2D eigenvalue weighted by atomic mass is 32.2. The predicted octanol–water partition coefficient (Wildman–Crippen LogP) is 0.837. The molecule has 6 heteroatoms. The van der Waals surface area contributed by atoms with E-state index in [0.717, 1.165) is 0 Å². The highest BCUT2D eigenvalue weighted by molar-refractivity contribution is 7.89. The second-order valence-corrected chi connectivity index (χ2v) is 5.94. The third-order valence-corrected chi connectivity index (χ3v) is 4.85. The van der Waals surface area contributed by atoms with Gasteiger partial charge in [-0.1, -0.05) is 6.92 Å². The van der Waals surface area contributed by atoms with Crippen molar-refractivity contribution < 1.29 is 13.2 Å². The summed E-state index contributed by atoms with van der Waals surface area (Å²) in [5.74, 6) is 0.636. The van der Waals surface area contributed by atoms with Crippen molar-refractivity contribution in [2.24, 2.45) is 5.73 Å². The van der Waals surface area contributed by atoms with Crippen LogP contribution in [0.5, 0.6) is 5.75 Å². The van der Waals surface area contributed by atoms with Gasteiger partial charge in [0.05, 0.1) is 12.0 Å². The number of rotatable bonds is 6. The van der Waals surface area contributed by atoms with Gasteiger partial charge in [-0.25, -0.2) is 12.7 Å². The van der Waals surface area contributed by atoms with Crippen molar-refractivity contribution in [1.29, 1.82) is 0 Å². The van der Waals surface area contributed by atoms with Gasteiger partial charge in [0.25, 0.3) is 0 Å². The third-order valence-electron chi connectivity index (χ3n) is 2.81.